The van der Waals surface area contributed by atoms with Crippen molar-refractivity contribution in [3.05, 3.63) is 64.6 Å². The molecule has 0 unspecified atom stereocenters. The molecule has 152 valence electrons. The van der Waals surface area contributed by atoms with Gasteiger partial charge in [-0.25, -0.2) is 15.0 Å². The lowest BCUT2D eigenvalue weighted by Gasteiger charge is -2.42. The maximum Gasteiger partial charge on any atom is 0.272 e. The van der Waals surface area contributed by atoms with Crippen molar-refractivity contribution in [3.63, 3.8) is 0 Å². The third-order valence-electron chi connectivity index (χ3n) is 5.79. The highest BCUT2D eigenvalue weighted by molar-refractivity contribution is 5.92. The van der Waals surface area contributed by atoms with E-state index in [1.54, 1.807) is 17.0 Å². The lowest BCUT2D eigenvalue weighted by Crippen LogP contribution is -2.49. The SMILES string of the molecule is Nc1cc(-c2cc3n(c(=O)c2)C[C@H]2C[C@@H]3CN(C(=O)c3ccc(O)cn3)C2)ncn1. The molecule has 3 aromatic rings. The Morgan fingerprint density at radius 2 is 1.97 bits per heavy atom. The number of pyridine rings is 2. The Kier molecular flexibility index (Phi) is 4.23. The van der Waals surface area contributed by atoms with Gasteiger partial charge in [0.2, 0.25) is 0 Å². The van der Waals surface area contributed by atoms with Crippen molar-refractivity contribution in [3.8, 4) is 17.0 Å². The smallest absolute Gasteiger partial charge is 0.272 e. The number of carbonyl (C=O) groups is 1. The van der Waals surface area contributed by atoms with Gasteiger partial charge in [0.25, 0.3) is 11.5 Å². The topological polar surface area (TPSA) is 127 Å². The van der Waals surface area contributed by atoms with E-state index in [0.717, 1.165) is 12.1 Å². The summed E-state index contributed by atoms with van der Waals surface area (Å²) in [7, 11) is 0. The number of carbonyl (C=O) groups excluding carboxylic acids is 1. The molecule has 5 heterocycles. The standard InChI is InChI=1S/C21H20N6O3/c22-19-6-17(24-11-25-19)13-4-18-14-3-12(9-27(18)20(29)5-13)8-26(10-14)21(30)16-2-1-15(28)7-23-16/h1-2,4-7,11-12,14,28H,3,8-10H2,(H2,22,24,25)/t12-,14+/m0/s1. The van der Waals surface area contributed by atoms with E-state index in [4.69, 9.17) is 5.73 Å². The highest BCUT2D eigenvalue weighted by Crippen LogP contribution is 2.36. The summed E-state index contributed by atoms with van der Waals surface area (Å²) in [6.07, 6.45) is 3.57. The average Bonchev–Trinajstić information content (AvgIpc) is 2.74. The first-order valence-electron chi connectivity index (χ1n) is 9.75. The van der Waals surface area contributed by atoms with Gasteiger partial charge in [0, 0.05) is 48.9 Å². The van der Waals surface area contributed by atoms with Gasteiger partial charge in [0.05, 0.1) is 11.9 Å². The normalized spacial score (nSPS) is 19.9. The van der Waals surface area contributed by atoms with Gasteiger partial charge in [0.15, 0.2) is 0 Å². The molecule has 0 aliphatic carbocycles. The Balaban J connectivity index is 1.48. The molecule has 0 spiro atoms. The molecule has 2 aliphatic heterocycles. The zero-order valence-electron chi connectivity index (χ0n) is 16.1. The fourth-order valence-corrected chi connectivity index (χ4v) is 4.48. The summed E-state index contributed by atoms with van der Waals surface area (Å²) in [6, 6.07) is 8.18. The van der Waals surface area contributed by atoms with Gasteiger partial charge >= 0.3 is 0 Å². The number of aromatic nitrogens is 4. The van der Waals surface area contributed by atoms with Crippen LogP contribution in [0.1, 0.15) is 28.5 Å². The maximum atomic E-state index is 12.9. The Bertz CT molecular complexity index is 1190. The van der Waals surface area contributed by atoms with Gasteiger partial charge in [-0.15, -0.1) is 0 Å². The van der Waals surface area contributed by atoms with Crippen molar-refractivity contribution in [2.24, 2.45) is 5.92 Å². The molecule has 5 rings (SSSR count). The van der Waals surface area contributed by atoms with E-state index in [2.05, 4.69) is 15.0 Å². The number of nitrogens with two attached hydrogens (primary N) is 1. The molecular weight excluding hydrogens is 384 g/mol. The van der Waals surface area contributed by atoms with Crippen LogP contribution in [0.2, 0.25) is 0 Å². The van der Waals surface area contributed by atoms with E-state index >= 15 is 0 Å². The summed E-state index contributed by atoms with van der Waals surface area (Å²) >= 11 is 0. The molecule has 0 saturated carbocycles. The van der Waals surface area contributed by atoms with E-state index < -0.39 is 0 Å². The lowest BCUT2D eigenvalue weighted by molar-refractivity contribution is 0.0589. The summed E-state index contributed by atoms with van der Waals surface area (Å²) in [4.78, 5) is 39.7. The van der Waals surface area contributed by atoms with Crippen LogP contribution in [-0.2, 0) is 6.54 Å². The van der Waals surface area contributed by atoms with Crippen LogP contribution in [0, 0.1) is 5.92 Å². The second-order valence-electron chi connectivity index (χ2n) is 7.86. The largest absolute Gasteiger partial charge is 0.506 e. The molecule has 0 aromatic carbocycles. The van der Waals surface area contributed by atoms with Crippen LogP contribution in [0.4, 0.5) is 5.82 Å². The van der Waals surface area contributed by atoms with Gasteiger partial charge in [0.1, 0.15) is 23.6 Å². The summed E-state index contributed by atoms with van der Waals surface area (Å²) in [5, 5.41) is 9.42. The molecule has 3 N–H and O–H groups in total. The van der Waals surface area contributed by atoms with E-state index in [1.807, 2.05) is 10.6 Å². The minimum absolute atomic E-state index is 0.0215. The molecule has 2 bridgehead atoms. The van der Waals surface area contributed by atoms with E-state index in [9.17, 15) is 14.7 Å². The van der Waals surface area contributed by atoms with Crippen LogP contribution >= 0.6 is 0 Å². The number of rotatable bonds is 2. The summed E-state index contributed by atoms with van der Waals surface area (Å²) in [5.74, 6) is 0.447. The van der Waals surface area contributed by atoms with Crippen molar-refractivity contribution in [1.82, 2.24) is 24.4 Å². The van der Waals surface area contributed by atoms with Crippen molar-refractivity contribution in [2.75, 3.05) is 18.8 Å². The first kappa shape index (κ1) is 18.3. The van der Waals surface area contributed by atoms with Crippen LogP contribution < -0.4 is 11.3 Å². The monoisotopic (exact) mass is 404 g/mol. The van der Waals surface area contributed by atoms with Gasteiger partial charge in [-0.3, -0.25) is 9.59 Å². The minimum Gasteiger partial charge on any atom is -0.506 e. The minimum atomic E-state index is -0.166. The second kappa shape index (κ2) is 6.94. The number of hydrogen-bond donors (Lipinski definition) is 2. The predicted octanol–water partition coefficient (Wildman–Crippen LogP) is 1.25. The van der Waals surface area contributed by atoms with Crippen LogP contribution in [0.5, 0.6) is 5.75 Å². The van der Waals surface area contributed by atoms with Crippen molar-refractivity contribution < 1.29 is 9.90 Å². The number of piperidine rings is 1. The van der Waals surface area contributed by atoms with Gasteiger partial charge in [-0.1, -0.05) is 0 Å². The van der Waals surface area contributed by atoms with Gasteiger partial charge < -0.3 is 20.3 Å². The summed E-state index contributed by atoms with van der Waals surface area (Å²) in [5.41, 5.74) is 8.20. The fraction of sp³-hybridized carbons (Fsp3) is 0.286. The van der Waals surface area contributed by atoms with E-state index in [1.165, 1.54) is 24.7 Å². The number of amides is 1. The Hall–Kier alpha value is -3.75. The first-order valence-corrected chi connectivity index (χ1v) is 9.75. The first-order chi connectivity index (χ1) is 14.5. The molecule has 3 aromatic heterocycles. The van der Waals surface area contributed by atoms with E-state index in [0.29, 0.717) is 42.4 Å². The number of nitrogen functional groups attached to an aromatic ring is 1. The van der Waals surface area contributed by atoms with Gasteiger partial charge in [-0.2, -0.15) is 0 Å². The van der Waals surface area contributed by atoms with Crippen LogP contribution in [0.25, 0.3) is 11.3 Å². The van der Waals surface area contributed by atoms with Crippen LogP contribution in [0.3, 0.4) is 0 Å². The van der Waals surface area contributed by atoms with Crippen LogP contribution in [0.15, 0.2) is 47.7 Å². The number of anilines is 1. The molecule has 30 heavy (non-hydrogen) atoms. The third kappa shape index (κ3) is 3.18. The maximum absolute atomic E-state index is 12.9. The predicted molar refractivity (Wildman–Crippen MR) is 109 cm³/mol. The molecule has 1 fully saturated rings. The molecule has 1 amide bonds. The van der Waals surface area contributed by atoms with Crippen molar-refractivity contribution >= 4 is 11.7 Å². The molecular formula is C21H20N6O3. The molecule has 1 saturated heterocycles. The van der Waals surface area contributed by atoms with Gasteiger partial charge in [-0.05, 0) is 30.5 Å². The zero-order valence-corrected chi connectivity index (χ0v) is 16.1. The third-order valence-corrected chi connectivity index (χ3v) is 5.79. The van der Waals surface area contributed by atoms with Crippen LogP contribution in [-0.4, -0.2) is 48.5 Å². The zero-order chi connectivity index (χ0) is 20.8. The lowest BCUT2D eigenvalue weighted by atomic mass is 9.82. The number of likely N-dealkylation sites (tertiary alicyclic amines) is 1. The number of nitrogens with zero attached hydrogens (tertiary/aromatic N) is 5. The second-order valence-corrected chi connectivity index (χ2v) is 7.86. The highest BCUT2D eigenvalue weighted by atomic mass is 16.3. The Morgan fingerprint density at radius 1 is 1.10 bits per heavy atom. The van der Waals surface area contributed by atoms with Crippen molar-refractivity contribution in [1.29, 1.82) is 0 Å². The number of hydrogen-bond acceptors (Lipinski definition) is 7. The quantitative estimate of drug-likeness (QED) is 0.658. The molecule has 2 aliphatic rings. The summed E-state index contributed by atoms with van der Waals surface area (Å²) < 4.78 is 1.81. The fourth-order valence-electron chi connectivity index (χ4n) is 4.48. The highest BCUT2D eigenvalue weighted by Gasteiger charge is 2.37. The summed E-state index contributed by atoms with van der Waals surface area (Å²) in [6.45, 7) is 1.66. The molecule has 9 heteroatoms. The Labute approximate surface area is 171 Å². The molecule has 0 radical (unpaired) electrons. The van der Waals surface area contributed by atoms with Crippen molar-refractivity contribution in [2.45, 2.75) is 18.9 Å². The molecule has 9 nitrogen and oxygen atoms in total. The van der Waals surface area contributed by atoms with E-state index in [-0.39, 0.29) is 29.1 Å². The number of aromatic hydroxyl groups is 1. The number of fused-ring (bicyclic) bond motifs is 4. The Morgan fingerprint density at radius 3 is 2.73 bits per heavy atom. The molecule has 2 atom stereocenters. The average molecular weight is 404 g/mol.